The molecule has 3 atom stereocenters. The summed E-state index contributed by atoms with van der Waals surface area (Å²) < 4.78 is 0. The number of amides is 4. The number of benzene rings is 2. The summed E-state index contributed by atoms with van der Waals surface area (Å²) in [5.74, 6) is -1.19. The molecule has 0 bridgehead atoms. The van der Waals surface area contributed by atoms with Gasteiger partial charge in [-0.15, -0.1) is 0 Å². The zero-order valence-corrected chi connectivity index (χ0v) is 23.1. The topological polar surface area (TPSA) is 111 Å². The van der Waals surface area contributed by atoms with Crippen LogP contribution in [0.4, 0.5) is 0 Å². The minimum absolute atomic E-state index is 0.148. The zero-order chi connectivity index (χ0) is 28.4. The normalized spacial score (nSPS) is 16.6. The molecule has 1 aliphatic rings. The maximum atomic E-state index is 13.6. The molecular weight excluding hydrogens is 494 g/mol. The average Bonchev–Trinajstić information content (AvgIpc) is 2.93. The number of rotatable bonds is 12. The lowest BCUT2D eigenvalue weighted by Gasteiger charge is -2.36. The Morgan fingerprint density at radius 3 is 2.08 bits per heavy atom. The van der Waals surface area contributed by atoms with E-state index in [0.717, 1.165) is 11.1 Å². The lowest BCUT2D eigenvalue weighted by atomic mass is 10.0. The van der Waals surface area contributed by atoms with Crippen LogP contribution in [0, 0.1) is 5.92 Å². The lowest BCUT2D eigenvalue weighted by Crippen LogP contribution is -2.55. The van der Waals surface area contributed by atoms with Crippen LogP contribution in [-0.4, -0.2) is 65.1 Å². The molecule has 0 saturated heterocycles. The average molecular weight is 534 g/mol. The van der Waals surface area contributed by atoms with Crippen molar-refractivity contribution in [3.63, 3.8) is 0 Å². The molecule has 1 heterocycles. The van der Waals surface area contributed by atoms with E-state index in [1.807, 2.05) is 74.5 Å². The number of nitrogens with one attached hydrogen (secondary N) is 3. The van der Waals surface area contributed by atoms with E-state index in [2.05, 4.69) is 16.0 Å². The molecule has 0 unspecified atom stereocenters. The first-order chi connectivity index (χ1) is 18.7. The second-order valence-electron chi connectivity index (χ2n) is 10.2. The van der Waals surface area contributed by atoms with Crippen molar-refractivity contribution in [2.75, 3.05) is 13.6 Å². The van der Waals surface area contributed by atoms with Gasteiger partial charge in [0.25, 0.3) is 0 Å². The second-order valence-corrected chi connectivity index (χ2v) is 10.2. The summed E-state index contributed by atoms with van der Waals surface area (Å²) >= 11 is 0. The van der Waals surface area contributed by atoms with Crippen LogP contribution >= 0.6 is 0 Å². The number of carbonyl (C=O) groups is 4. The van der Waals surface area contributed by atoms with E-state index < -0.39 is 29.9 Å². The zero-order valence-electron chi connectivity index (χ0n) is 23.1. The molecule has 4 amide bonds. The highest BCUT2D eigenvalue weighted by atomic mass is 16.2. The molecule has 2 aromatic rings. The SMILES string of the molecule is CN[C@@H](C)C(=O)N[C@@H](CC(C)C)C(=O)NCC(=O)N1C=CN(Cc2ccccc2)C(=O)[C@@H]1Cc1ccccc1. The Balaban J connectivity index is 1.73. The summed E-state index contributed by atoms with van der Waals surface area (Å²) in [4.78, 5) is 55.3. The van der Waals surface area contributed by atoms with Crippen LogP contribution < -0.4 is 16.0 Å². The Morgan fingerprint density at radius 2 is 1.49 bits per heavy atom. The summed E-state index contributed by atoms with van der Waals surface area (Å²) in [7, 11) is 1.67. The first-order valence-corrected chi connectivity index (χ1v) is 13.3. The fourth-order valence-corrected chi connectivity index (χ4v) is 4.34. The Hall–Kier alpha value is -3.98. The molecule has 0 fully saturated rings. The third-order valence-electron chi connectivity index (χ3n) is 6.65. The molecule has 2 aromatic carbocycles. The largest absolute Gasteiger partial charge is 0.345 e. The van der Waals surface area contributed by atoms with E-state index >= 15 is 0 Å². The first kappa shape index (κ1) is 29.6. The van der Waals surface area contributed by atoms with Gasteiger partial charge in [0.1, 0.15) is 12.1 Å². The third-order valence-corrected chi connectivity index (χ3v) is 6.65. The van der Waals surface area contributed by atoms with Gasteiger partial charge in [-0.3, -0.25) is 19.2 Å². The van der Waals surface area contributed by atoms with Crippen molar-refractivity contribution in [1.82, 2.24) is 25.8 Å². The Bertz CT molecular complexity index is 1150. The summed E-state index contributed by atoms with van der Waals surface area (Å²) in [6, 6.07) is 17.2. The van der Waals surface area contributed by atoms with Gasteiger partial charge < -0.3 is 25.8 Å². The molecule has 208 valence electrons. The van der Waals surface area contributed by atoms with Crippen molar-refractivity contribution in [2.45, 2.75) is 58.3 Å². The van der Waals surface area contributed by atoms with Gasteiger partial charge in [-0.25, -0.2) is 0 Å². The minimum Gasteiger partial charge on any atom is -0.345 e. The number of hydrogen-bond donors (Lipinski definition) is 3. The van der Waals surface area contributed by atoms with Gasteiger partial charge in [-0.05, 0) is 37.4 Å². The molecule has 9 heteroatoms. The van der Waals surface area contributed by atoms with E-state index in [-0.39, 0.29) is 24.3 Å². The number of hydrogen-bond acceptors (Lipinski definition) is 5. The molecule has 0 spiro atoms. The molecule has 0 aromatic heterocycles. The molecule has 0 aliphatic carbocycles. The van der Waals surface area contributed by atoms with Crippen molar-refractivity contribution in [1.29, 1.82) is 0 Å². The summed E-state index contributed by atoms with van der Waals surface area (Å²) in [6.07, 6.45) is 3.98. The fraction of sp³-hybridized carbons (Fsp3) is 0.400. The molecule has 3 N–H and O–H groups in total. The molecular formula is C30H39N5O4. The number of nitrogens with zero attached hydrogens (tertiary/aromatic N) is 2. The van der Waals surface area contributed by atoms with Crippen LogP contribution in [0.1, 0.15) is 38.3 Å². The second kappa shape index (κ2) is 14.2. The van der Waals surface area contributed by atoms with Crippen LogP contribution in [0.5, 0.6) is 0 Å². The predicted molar refractivity (Wildman–Crippen MR) is 150 cm³/mol. The van der Waals surface area contributed by atoms with E-state index in [0.29, 0.717) is 19.4 Å². The van der Waals surface area contributed by atoms with E-state index in [9.17, 15) is 19.2 Å². The third kappa shape index (κ3) is 8.51. The molecule has 1 aliphatic heterocycles. The molecule has 9 nitrogen and oxygen atoms in total. The number of carbonyl (C=O) groups excluding carboxylic acids is 4. The maximum Gasteiger partial charge on any atom is 0.250 e. The molecule has 0 saturated carbocycles. The van der Waals surface area contributed by atoms with E-state index in [1.165, 1.54) is 4.90 Å². The Kier molecular flexibility index (Phi) is 10.8. The fourth-order valence-electron chi connectivity index (χ4n) is 4.34. The van der Waals surface area contributed by atoms with Crippen molar-refractivity contribution < 1.29 is 19.2 Å². The lowest BCUT2D eigenvalue weighted by molar-refractivity contribution is -0.143. The van der Waals surface area contributed by atoms with Gasteiger partial charge in [0.05, 0.1) is 19.1 Å². The van der Waals surface area contributed by atoms with Crippen LogP contribution in [0.2, 0.25) is 0 Å². The quantitative estimate of drug-likeness (QED) is 0.388. The summed E-state index contributed by atoms with van der Waals surface area (Å²) in [5, 5.41) is 8.30. The Labute approximate surface area is 230 Å². The van der Waals surface area contributed by atoms with Crippen LogP contribution in [0.25, 0.3) is 0 Å². The van der Waals surface area contributed by atoms with E-state index in [4.69, 9.17) is 0 Å². The number of likely N-dealkylation sites (N-methyl/N-ethyl adjacent to an activating group) is 1. The monoisotopic (exact) mass is 533 g/mol. The highest BCUT2D eigenvalue weighted by molar-refractivity contribution is 5.94. The standard InChI is InChI=1S/C30H39N5O4/c1-21(2)17-25(33-28(37)22(3)31-4)29(38)32-19-27(36)35-16-15-34(20-24-13-9-6-10-14-24)30(39)26(35)18-23-11-7-5-8-12-23/h5-16,21-22,25-26,31H,17-20H2,1-4H3,(H,32,38)(H,33,37)/t22-,25-,26-/m0/s1. The summed E-state index contributed by atoms with van der Waals surface area (Å²) in [5.41, 5.74) is 1.90. The van der Waals surface area contributed by atoms with Crippen molar-refractivity contribution in [3.05, 3.63) is 84.2 Å². The van der Waals surface area contributed by atoms with Crippen LogP contribution in [0.3, 0.4) is 0 Å². The van der Waals surface area contributed by atoms with Crippen LogP contribution in [0.15, 0.2) is 73.1 Å². The predicted octanol–water partition coefficient (Wildman–Crippen LogP) is 2.19. The van der Waals surface area contributed by atoms with Gasteiger partial charge in [-0.2, -0.15) is 0 Å². The van der Waals surface area contributed by atoms with Gasteiger partial charge in [-0.1, -0.05) is 74.5 Å². The minimum atomic E-state index is -0.777. The molecule has 39 heavy (non-hydrogen) atoms. The van der Waals surface area contributed by atoms with Crippen molar-refractivity contribution in [3.8, 4) is 0 Å². The maximum absolute atomic E-state index is 13.6. The molecule has 0 radical (unpaired) electrons. The molecule has 3 rings (SSSR count). The van der Waals surface area contributed by atoms with Gasteiger partial charge in [0.2, 0.25) is 23.6 Å². The Morgan fingerprint density at radius 1 is 0.872 bits per heavy atom. The van der Waals surface area contributed by atoms with Gasteiger partial charge >= 0.3 is 0 Å². The van der Waals surface area contributed by atoms with Crippen molar-refractivity contribution in [2.24, 2.45) is 5.92 Å². The summed E-state index contributed by atoms with van der Waals surface area (Å²) in [6.45, 7) is 5.71. The first-order valence-electron chi connectivity index (χ1n) is 13.3. The van der Waals surface area contributed by atoms with Gasteiger partial charge in [0.15, 0.2) is 0 Å². The van der Waals surface area contributed by atoms with E-state index in [1.54, 1.807) is 31.3 Å². The van der Waals surface area contributed by atoms with Gasteiger partial charge in [0, 0.05) is 18.8 Å². The smallest absolute Gasteiger partial charge is 0.250 e. The highest BCUT2D eigenvalue weighted by Gasteiger charge is 2.35. The van der Waals surface area contributed by atoms with Crippen molar-refractivity contribution >= 4 is 23.6 Å². The van der Waals surface area contributed by atoms with Crippen LogP contribution in [-0.2, 0) is 32.1 Å². The highest BCUT2D eigenvalue weighted by Crippen LogP contribution is 2.20.